The van der Waals surface area contributed by atoms with Gasteiger partial charge in [-0.05, 0) is 74.1 Å². The van der Waals surface area contributed by atoms with Gasteiger partial charge < -0.3 is 0 Å². The van der Waals surface area contributed by atoms with Crippen LogP contribution in [0.5, 0.6) is 0 Å². The first-order valence-electron chi connectivity index (χ1n) is 12.0. The summed E-state index contributed by atoms with van der Waals surface area (Å²) in [6.45, 7) is 1.09. The number of nitrogens with zero attached hydrogens (tertiary/aromatic N) is 4. The Morgan fingerprint density at radius 1 is 0.788 bits per heavy atom. The van der Waals surface area contributed by atoms with Gasteiger partial charge in [0.1, 0.15) is 18.9 Å². The second kappa shape index (κ2) is 13.8. The predicted octanol–water partition coefficient (Wildman–Crippen LogP) is 5.57. The Hall–Kier alpha value is -2.62. The Kier molecular flexibility index (Phi) is 10.5. The Morgan fingerprint density at radius 2 is 1.45 bits per heavy atom. The van der Waals surface area contributed by atoms with E-state index in [1.54, 1.807) is 12.4 Å². The minimum atomic E-state index is 0. The van der Waals surface area contributed by atoms with Crippen molar-refractivity contribution in [2.45, 2.75) is 57.9 Å². The van der Waals surface area contributed by atoms with Crippen LogP contribution in [0, 0.1) is 5.92 Å². The molecular weight excluding hydrogens is 448 g/mol. The van der Waals surface area contributed by atoms with Gasteiger partial charge in [-0.3, -0.25) is 0 Å². The molecule has 4 nitrogen and oxygen atoms in total. The fourth-order valence-corrected chi connectivity index (χ4v) is 4.20. The maximum Gasteiger partial charge on any atom is 0.437 e. The van der Waals surface area contributed by atoms with E-state index >= 15 is 0 Å². The summed E-state index contributed by atoms with van der Waals surface area (Å²) in [5.74, 6) is 1.52. The van der Waals surface area contributed by atoms with Crippen molar-refractivity contribution in [3.8, 4) is 17.1 Å². The van der Waals surface area contributed by atoms with E-state index in [4.69, 9.17) is 0 Å². The van der Waals surface area contributed by atoms with Crippen LogP contribution in [0.1, 0.15) is 51.4 Å². The molecule has 172 valence electrons. The molecule has 33 heavy (non-hydrogen) atoms. The van der Waals surface area contributed by atoms with E-state index in [2.05, 4.69) is 75.5 Å². The molecule has 3 aromatic heterocycles. The number of aryl methyl sites for hydroxylation is 1. The zero-order valence-electron chi connectivity index (χ0n) is 19.2. The third kappa shape index (κ3) is 8.03. The van der Waals surface area contributed by atoms with E-state index in [9.17, 15) is 0 Å². The maximum absolute atomic E-state index is 4.27. The van der Waals surface area contributed by atoms with Crippen molar-refractivity contribution in [2.24, 2.45) is 5.92 Å². The predicted molar refractivity (Wildman–Crippen MR) is 128 cm³/mol. The molecule has 1 atom stereocenters. The molecule has 0 fully saturated rings. The number of hydrogen-bond donors (Lipinski definition) is 0. The van der Waals surface area contributed by atoms with Gasteiger partial charge in [0.25, 0.3) is 0 Å². The van der Waals surface area contributed by atoms with E-state index < -0.39 is 0 Å². The molecule has 2 aliphatic carbocycles. The molecule has 0 aromatic carbocycles. The van der Waals surface area contributed by atoms with Crippen LogP contribution < -0.4 is 9.13 Å². The van der Waals surface area contributed by atoms with Crippen molar-refractivity contribution >= 4 is 0 Å². The van der Waals surface area contributed by atoms with Crippen molar-refractivity contribution in [1.29, 1.82) is 0 Å². The standard InChI is InChI=1S/C23H26N4.C5H8.Fe/c1-2-7-20(6-1)8-3-4-15-26-16-9-21(10-17-26)22-11-18-27(19-12-22)23-24-13-5-14-25-23;1-2-4-5-3-1;/h1,5-6,9-14,16-20H,2-4,7-8,15H2;1-2H,3-5H2;/q+2;;/t20-;;/m1../s1. The van der Waals surface area contributed by atoms with Crippen molar-refractivity contribution in [3.05, 3.63) is 91.8 Å². The van der Waals surface area contributed by atoms with Crippen molar-refractivity contribution in [2.75, 3.05) is 0 Å². The van der Waals surface area contributed by atoms with E-state index in [0.717, 1.165) is 12.5 Å². The molecule has 0 saturated carbocycles. The summed E-state index contributed by atoms with van der Waals surface area (Å²) < 4.78 is 4.21. The van der Waals surface area contributed by atoms with Crippen LogP contribution in [0.2, 0.25) is 0 Å². The number of pyridine rings is 2. The Bertz CT molecular complexity index is 992. The van der Waals surface area contributed by atoms with E-state index in [1.165, 1.54) is 62.5 Å². The van der Waals surface area contributed by atoms with Gasteiger partial charge in [0.15, 0.2) is 12.4 Å². The largest absolute Gasteiger partial charge is 0.437 e. The monoisotopic (exact) mass is 482 g/mol. The second-order valence-electron chi connectivity index (χ2n) is 8.53. The molecule has 0 saturated heterocycles. The smallest absolute Gasteiger partial charge is 0.206 e. The van der Waals surface area contributed by atoms with E-state index in [0.29, 0.717) is 5.95 Å². The zero-order valence-corrected chi connectivity index (χ0v) is 20.3. The van der Waals surface area contributed by atoms with Crippen LogP contribution in [0.4, 0.5) is 0 Å². The molecule has 3 aromatic rings. The van der Waals surface area contributed by atoms with Gasteiger partial charge in [-0.2, -0.15) is 0 Å². The van der Waals surface area contributed by atoms with Gasteiger partial charge in [0.2, 0.25) is 0 Å². The molecule has 0 amide bonds. The quantitative estimate of drug-likeness (QED) is 0.191. The van der Waals surface area contributed by atoms with Crippen LogP contribution in [0.25, 0.3) is 17.1 Å². The Balaban J connectivity index is 0.000000453. The number of unbranched alkanes of at least 4 members (excludes halogenated alkanes) is 1. The molecule has 0 unspecified atom stereocenters. The zero-order chi connectivity index (χ0) is 21.8. The minimum absolute atomic E-state index is 0. The van der Waals surface area contributed by atoms with Gasteiger partial charge in [-0.1, -0.05) is 34.3 Å². The summed E-state index contributed by atoms with van der Waals surface area (Å²) >= 11 is 0. The summed E-state index contributed by atoms with van der Waals surface area (Å²) in [4.78, 5) is 8.54. The average Bonchev–Trinajstić information content (AvgIpc) is 3.61. The summed E-state index contributed by atoms with van der Waals surface area (Å²) in [6, 6.07) is 10.4. The summed E-state index contributed by atoms with van der Waals surface area (Å²) in [6.07, 6.45) is 31.6. The Morgan fingerprint density at radius 3 is 2.03 bits per heavy atom. The van der Waals surface area contributed by atoms with Crippen LogP contribution in [-0.2, 0) is 23.6 Å². The molecule has 0 N–H and O–H groups in total. The van der Waals surface area contributed by atoms with E-state index in [-0.39, 0.29) is 17.1 Å². The number of aromatic nitrogens is 4. The van der Waals surface area contributed by atoms with Gasteiger partial charge in [0, 0.05) is 41.7 Å². The Labute approximate surface area is 208 Å². The van der Waals surface area contributed by atoms with Crippen LogP contribution in [-0.4, -0.2) is 9.97 Å². The molecule has 5 rings (SSSR count). The first kappa shape index (κ1) is 25.0. The third-order valence-electron chi connectivity index (χ3n) is 6.10. The molecule has 2 aliphatic rings. The van der Waals surface area contributed by atoms with Crippen LogP contribution >= 0.6 is 0 Å². The summed E-state index contributed by atoms with van der Waals surface area (Å²) in [7, 11) is 0. The SMILES string of the molecule is C1=CCCC1.C1=C[C@@H](CCCC[n+]2ccc(-c3cc[n+](-c4ncccn4)cc3)cc2)CC1.[Fe]. The maximum atomic E-state index is 4.27. The molecule has 0 bridgehead atoms. The average molecular weight is 482 g/mol. The molecule has 5 heteroatoms. The van der Waals surface area contributed by atoms with Crippen molar-refractivity contribution in [3.63, 3.8) is 0 Å². The first-order valence-corrected chi connectivity index (χ1v) is 12.0. The molecule has 3 heterocycles. The number of allylic oxidation sites excluding steroid dienone is 4. The topological polar surface area (TPSA) is 33.5 Å². The minimum Gasteiger partial charge on any atom is -0.206 e. The number of hydrogen-bond acceptors (Lipinski definition) is 2. The normalized spacial score (nSPS) is 16.2. The van der Waals surface area contributed by atoms with Gasteiger partial charge >= 0.3 is 5.95 Å². The van der Waals surface area contributed by atoms with Crippen molar-refractivity contribution < 1.29 is 26.2 Å². The fourth-order valence-electron chi connectivity index (χ4n) is 4.20. The molecular formula is C28H34FeN4+2. The third-order valence-corrected chi connectivity index (χ3v) is 6.10. The molecule has 0 aliphatic heterocycles. The first-order chi connectivity index (χ1) is 15.9. The molecule has 0 radical (unpaired) electrons. The van der Waals surface area contributed by atoms with Gasteiger partial charge in [-0.15, -0.1) is 0 Å². The van der Waals surface area contributed by atoms with E-state index in [1.807, 2.05) is 23.0 Å². The van der Waals surface area contributed by atoms with Crippen molar-refractivity contribution in [1.82, 2.24) is 9.97 Å². The van der Waals surface area contributed by atoms with Crippen LogP contribution in [0.3, 0.4) is 0 Å². The fraction of sp³-hybridized carbons (Fsp3) is 0.357. The van der Waals surface area contributed by atoms with Crippen LogP contribution in [0.15, 0.2) is 91.8 Å². The molecule has 0 spiro atoms. The summed E-state index contributed by atoms with van der Waals surface area (Å²) in [5.41, 5.74) is 2.42. The van der Waals surface area contributed by atoms with Gasteiger partial charge in [0.05, 0.1) is 12.4 Å². The number of rotatable bonds is 7. The second-order valence-corrected chi connectivity index (χ2v) is 8.53. The summed E-state index contributed by atoms with van der Waals surface area (Å²) in [5, 5.41) is 0. The van der Waals surface area contributed by atoms with Gasteiger partial charge in [-0.25, -0.2) is 9.13 Å².